The van der Waals surface area contributed by atoms with E-state index in [-0.39, 0.29) is 0 Å². The Morgan fingerprint density at radius 2 is 0.808 bits per heavy atom. The summed E-state index contributed by atoms with van der Waals surface area (Å²) in [6.07, 6.45) is 0. The van der Waals surface area contributed by atoms with E-state index in [9.17, 15) is 0 Å². The molecule has 2 aromatic carbocycles. The van der Waals surface area contributed by atoms with Crippen LogP contribution in [0.5, 0.6) is 0 Å². The highest BCUT2D eigenvalue weighted by Crippen LogP contribution is 2.48. The summed E-state index contributed by atoms with van der Waals surface area (Å²) >= 11 is 0. The molecule has 0 spiro atoms. The van der Waals surface area contributed by atoms with Crippen molar-refractivity contribution in [3.63, 3.8) is 0 Å². The average molecular weight is 387 g/mol. The fourth-order valence-electron chi connectivity index (χ4n) is 3.60. The van der Waals surface area contributed by atoms with E-state index >= 15 is 0 Å². The molecule has 0 saturated carbocycles. The topological polar surface area (TPSA) is 18.5 Å². The fourth-order valence-corrected chi connectivity index (χ4v) is 6.68. The molecule has 0 radical (unpaired) electrons. The van der Waals surface area contributed by atoms with E-state index in [1.807, 2.05) is 0 Å². The van der Waals surface area contributed by atoms with Crippen LogP contribution in [0.2, 0.25) is 39.3 Å². The molecule has 2 atom stereocenters. The third-order valence-corrected chi connectivity index (χ3v) is 6.62. The van der Waals surface area contributed by atoms with Crippen molar-refractivity contribution >= 4 is 16.6 Å². The Hall–Kier alpha value is -1.21. The van der Waals surface area contributed by atoms with Gasteiger partial charge in [0.1, 0.15) is 11.2 Å². The van der Waals surface area contributed by atoms with E-state index < -0.39 is 27.8 Å². The predicted molar refractivity (Wildman–Crippen MR) is 116 cm³/mol. The van der Waals surface area contributed by atoms with E-state index in [0.29, 0.717) is 0 Å². The second kappa shape index (κ2) is 7.43. The van der Waals surface area contributed by atoms with E-state index in [1.54, 1.807) is 0 Å². The first-order valence-electron chi connectivity index (χ1n) is 9.39. The number of rotatable bonds is 7. The summed E-state index contributed by atoms with van der Waals surface area (Å²) in [5, 5.41) is 0. The molecule has 0 aromatic heterocycles. The van der Waals surface area contributed by atoms with Crippen LogP contribution in [0.25, 0.3) is 0 Å². The van der Waals surface area contributed by atoms with Crippen LogP contribution in [0.4, 0.5) is 0 Å². The van der Waals surface area contributed by atoms with Gasteiger partial charge in [-0.05, 0) is 64.3 Å². The van der Waals surface area contributed by atoms with Crippen molar-refractivity contribution in [3.8, 4) is 0 Å². The standard InChI is InChI=1S/C22H34O2Si2/c1-21(23-25(3,4)5,19-15-11-9-12-16-19)22(2,24-26(6,7)8)20-17-13-10-14-18-20/h9-18H,1-8H3/t21-,22-/m0/s1. The van der Waals surface area contributed by atoms with Gasteiger partial charge in [-0.3, -0.25) is 0 Å². The molecular weight excluding hydrogens is 352 g/mol. The summed E-state index contributed by atoms with van der Waals surface area (Å²) in [7, 11) is -3.72. The summed E-state index contributed by atoms with van der Waals surface area (Å²) in [4.78, 5) is 0. The minimum absolute atomic E-state index is 0.583. The van der Waals surface area contributed by atoms with Gasteiger partial charge in [0.2, 0.25) is 0 Å². The Morgan fingerprint density at radius 3 is 1.04 bits per heavy atom. The maximum Gasteiger partial charge on any atom is 0.185 e. The second-order valence-corrected chi connectivity index (χ2v) is 18.1. The molecule has 142 valence electrons. The van der Waals surface area contributed by atoms with Crippen molar-refractivity contribution < 1.29 is 8.85 Å². The molecule has 0 saturated heterocycles. The quantitative estimate of drug-likeness (QED) is 0.504. The smallest absolute Gasteiger partial charge is 0.185 e. The minimum Gasteiger partial charge on any atom is -0.405 e. The van der Waals surface area contributed by atoms with Gasteiger partial charge in [0.25, 0.3) is 0 Å². The molecule has 0 aliphatic heterocycles. The Kier molecular flexibility index (Phi) is 6.03. The van der Waals surface area contributed by atoms with E-state index in [4.69, 9.17) is 8.85 Å². The second-order valence-electron chi connectivity index (χ2n) is 9.23. The van der Waals surface area contributed by atoms with Gasteiger partial charge in [-0.15, -0.1) is 0 Å². The molecule has 0 bridgehead atoms. The van der Waals surface area contributed by atoms with Gasteiger partial charge in [-0.25, -0.2) is 0 Å². The van der Waals surface area contributed by atoms with Gasteiger partial charge in [0.05, 0.1) is 0 Å². The van der Waals surface area contributed by atoms with Crippen LogP contribution in [-0.2, 0) is 20.1 Å². The van der Waals surface area contributed by atoms with Crippen LogP contribution in [-0.4, -0.2) is 16.6 Å². The number of benzene rings is 2. The van der Waals surface area contributed by atoms with Gasteiger partial charge in [-0.1, -0.05) is 60.7 Å². The lowest BCUT2D eigenvalue weighted by Crippen LogP contribution is -2.56. The first kappa shape index (κ1) is 21.1. The lowest BCUT2D eigenvalue weighted by atomic mass is 9.76. The number of hydrogen-bond acceptors (Lipinski definition) is 2. The maximum absolute atomic E-state index is 6.91. The maximum atomic E-state index is 6.91. The largest absolute Gasteiger partial charge is 0.405 e. The Balaban J connectivity index is 2.73. The number of hydrogen-bond donors (Lipinski definition) is 0. The summed E-state index contributed by atoms with van der Waals surface area (Å²) in [6, 6.07) is 21.1. The van der Waals surface area contributed by atoms with Crippen LogP contribution in [0.3, 0.4) is 0 Å². The Labute approximate surface area is 161 Å². The normalized spacial score (nSPS) is 17.4. The van der Waals surface area contributed by atoms with Crippen molar-refractivity contribution in [2.24, 2.45) is 0 Å². The van der Waals surface area contributed by atoms with Crippen molar-refractivity contribution in [3.05, 3.63) is 71.8 Å². The summed E-state index contributed by atoms with van der Waals surface area (Å²) < 4.78 is 13.8. The molecule has 26 heavy (non-hydrogen) atoms. The molecule has 0 fully saturated rings. The van der Waals surface area contributed by atoms with Crippen molar-refractivity contribution in [2.45, 2.75) is 64.3 Å². The van der Waals surface area contributed by atoms with Gasteiger partial charge >= 0.3 is 0 Å². The Bertz CT molecular complexity index is 641. The van der Waals surface area contributed by atoms with Gasteiger partial charge in [0, 0.05) is 0 Å². The average Bonchev–Trinajstić information content (AvgIpc) is 2.53. The van der Waals surface area contributed by atoms with Crippen LogP contribution in [0, 0.1) is 0 Å². The summed E-state index contributed by atoms with van der Waals surface area (Å²) in [5.74, 6) is 0. The molecule has 0 aliphatic carbocycles. The van der Waals surface area contributed by atoms with Crippen molar-refractivity contribution in [1.82, 2.24) is 0 Å². The van der Waals surface area contributed by atoms with Crippen LogP contribution < -0.4 is 0 Å². The van der Waals surface area contributed by atoms with Crippen molar-refractivity contribution in [2.75, 3.05) is 0 Å². The first-order valence-corrected chi connectivity index (χ1v) is 16.2. The third-order valence-electron chi connectivity index (χ3n) is 4.58. The van der Waals surface area contributed by atoms with E-state index in [1.165, 1.54) is 0 Å². The van der Waals surface area contributed by atoms with Crippen LogP contribution >= 0.6 is 0 Å². The molecule has 2 rings (SSSR count). The SMILES string of the molecule is C[C@](O[Si](C)(C)C)(c1ccccc1)[C@@](C)(O[Si](C)(C)C)c1ccccc1. The molecule has 0 unspecified atom stereocenters. The minimum atomic E-state index is -1.86. The van der Waals surface area contributed by atoms with E-state index in [2.05, 4.69) is 114 Å². The monoisotopic (exact) mass is 386 g/mol. The highest BCUT2D eigenvalue weighted by molar-refractivity contribution is 6.70. The molecule has 0 aliphatic rings. The molecule has 4 heteroatoms. The first-order chi connectivity index (χ1) is 11.9. The summed E-state index contributed by atoms with van der Waals surface area (Å²) in [5.41, 5.74) is 1.15. The molecule has 2 nitrogen and oxygen atoms in total. The van der Waals surface area contributed by atoms with Crippen LogP contribution in [0.15, 0.2) is 60.7 Å². The zero-order valence-corrected chi connectivity index (χ0v) is 19.6. The highest BCUT2D eigenvalue weighted by atomic mass is 28.4. The third kappa shape index (κ3) is 4.74. The zero-order valence-electron chi connectivity index (χ0n) is 17.6. The van der Waals surface area contributed by atoms with Crippen LogP contribution in [0.1, 0.15) is 25.0 Å². The fraction of sp³-hybridized carbons (Fsp3) is 0.455. The molecular formula is C22H34O2Si2. The lowest BCUT2D eigenvalue weighted by Gasteiger charge is -2.52. The predicted octanol–water partition coefficient (Wildman–Crippen LogP) is 6.52. The zero-order chi connectivity index (χ0) is 19.6. The Morgan fingerprint density at radius 1 is 0.538 bits per heavy atom. The molecule has 0 amide bonds. The van der Waals surface area contributed by atoms with Crippen molar-refractivity contribution in [1.29, 1.82) is 0 Å². The van der Waals surface area contributed by atoms with Gasteiger partial charge in [-0.2, -0.15) is 0 Å². The molecule has 0 heterocycles. The molecule has 2 aromatic rings. The van der Waals surface area contributed by atoms with E-state index in [0.717, 1.165) is 11.1 Å². The highest BCUT2D eigenvalue weighted by Gasteiger charge is 2.52. The van der Waals surface area contributed by atoms with Gasteiger partial charge < -0.3 is 8.85 Å². The van der Waals surface area contributed by atoms with Gasteiger partial charge in [0.15, 0.2) is 16.6 Å². The summed E-state index contributed by atoms with van der Waals surface area (Å²) in [6.45, 7) is 17.9. The molecule has 0 N–H and O–H groups in total. The lowest BCUT2D eigenvalue weighted by molar-refractivity contribution is -0.118.